The van der Waals surface area contributed by atoms with Crippen LogP contribution in [-0.2, 0) is 4.79 Å². The molecule has 2 N–H and O–H groups in total. The van der Waals surface area contributed by atoms with Crippen LogP contribution in [0.5, 0.6) is 0 Å². The first-order valence-electron chi connectivity index (χ1n) is 10.1. The summed E-state index contributed by atoms with van der Waals surface area (Å²) in [7, 11) is 3.57. The van der Waals surface area contributed by atoms with Gasteiger partial charge in [-0.05, 0) is 49.4 Å². The highest BCUT2D eigenvalue weighted by Crippen LogP contribution is 2.20. The molecule has 7 nitrogen and oxygen atoms in total. The Hall–Kier alpha value is -2.71. The molecule has 30 heavy (non-hydrogen) atoms. The zero-order chi connectivity index (χ0) is 21.5. The van der Waals surface area contributed by atoms with E-state index in [1.165, 1.54) is 11.3 Å². The molecule has 3 amide bonds. The van der Waals surface area contributed by atoms with Gasteiger partial charge in [0.2, 0.25) is 5.91 Å². The minimum absolute atomic E-state index is 0.0520. The molecule has 1 aromatic carbocycles. The fourth-order valence-electron chi connectivity index (χ4n) is 3.63. The molecule has 2 aromatic rings. The predicted molar refractivity (Wildman–Crippen MR) is 119 cm³/mol. The third-order valence-corrected chi connectivity index (χ3v) is 6.03. The highest BCUT2D eigenvalue weighted by atomic mass is 32.1. The van der Waals surface area contributed by atoms with Gasteiger partial charge in [0.1, 0.15) is 0 Å². The number of rotatable bonds is 8. The summed E-state index contributed by atoms with van der Waals surface area (Å²) in [6.45, 7) is 2.18. The first-order valence-corrected chi connectivity index (χ1v) is 11.0. The van der Waals surface area contributed by atoms with Gasteiger partial charge in [0.15, 0.2) is 0 Å². The summed E-state index contributed by atoms with van der Waals surface area (Å²) < 4.78 is 0. The zero-order valence-electron chi connectivity index (χ0n) is 17.4. The van der Waals surface area contributed by atoms with Crippen LogP contribution in [0.4, 0.5) is 5.69 Å². The molecular weight excluding hydrogens is 400 g/mol. The molecule has 0 spiro atoms. The molecule has 0 bridgehead atoms. The molecule has 0 unspecified atom stereocenters. The highest BCUT2D eigenvalue weighted by Gasteiger charge is 2.31. The van der Waals surface area contributed by atoms with E-state index in [1.54, 1.807) is 49.3 Å². The van der Waals surface area contributed by atoms with E-state index in [0.717, 1.165) is 32.4 Å². The molecule has 3 rings (SSSR count). The summed E-state index contributed by atoms with van der Waals surface area (Å²) in [4.78, 5) is 41.7. The molecule has 1 aliphatic heterocycles. The van der Waals surface area contributed by atoms with Crippen molar-refractivity contribution in [2.45, 2.75) is 25.3 Å². The number of amides is 3. The van der Waals surface area contributed by atoms with Crippen LogP contribution in [0.25, 0.3) is 0 Å². The lowest BCUT2D eigenvalue weighted by molar-refractivity contribution is -0.133. The second-order valence-electron chi connectivity index (χ2n) is 7.51. The van der Waals surface area contributed by atoms with Crippen molar-refractivity contribution in [1.29, 1.82) is 0 Å². The number of hydrogen-bond acceptors (Lipinski definition) is 5. The van der Waals surface area contributed by atoms with Crippen LogP contribution in [0.15, 0.2) is 41.8 Å². The topological polar surface area (TPSA) is 81.8 Å². The molecule has 1 aliphatic rings. The predicted octanol–water partition coefficient (Wildman–Crippen LogP) is 2.67. The lowest BCUT2D eigenvalue weighted by Gasteiger charge is -2.26. The average Bonchev–Trinajstić information content (AvgIpc) is 3.43. The molecule has 0 saturated carbocycles. The van der Waals surface area contributed by atoms with Gasteiger partial charge < -0.3 is 15.5 Å². The van der Waals surface area contributed by atoms with E-state index in [2.05, 4.69) is 15.5 Å². The molecule has 1 atom stereocenters. The summed E-state index contributed by atoms with van der Waals surface area (Å²) in [6, 6.07) is 10.5. The molecule has 2 heterocycles. The van der Waals surface area contributed by atoms with Crippen LogP contribution >= 0.6 is 11.3 Å². The van der Waals surface area contributed by atoms with Gasteiger partial charge in [-0.1, -0.05) is 18.2 Å². The van der Waals surface area contributed by atoms with Gasteiger partial charge in [-0.2, -0.15) is 0 Å². The van der Waals surface area contributed by atoms with Crippen molar-refractivity contribution < 1.29 is 14.4 Å². The largest absolute Gasteiger partial charge is 0.352 e. The molecule has 160 valence electrons. The van der Waals surface area contributed by atoms with Crippen LogP contribution in [0.2, 0.25) is 0 Å². The summed E-state index contributed by atoms with van der Waals surface area (Å²) in [5.74, 6) is -0.303. The summed E-state index contributed by atoms with van der Waals surface area (Å²) in [5.41, 5.74) is 0.925. The third-order valence-electron chi connectivity index (χ3n) is 5.16. The highest BCUT2D eigenvalue weighted by molar-refractivity contribution is 7.12. The first kappa shape index (κ1) is 22.0. The fourth-order valence-corrected chi connectivity index (χ4v) is 4.25. The van der Waals surface area contributed by atoms with Gasteiger partial charge in [-0.15, -0.1) is 11.3 Å². The van der Waals surface area contributed by atoms with Crippen molar-refractivity contribution in [2.75, 3.05) is 39.0 Å². The smallest absolute Gasteiger partial charge is 0.265 e. The van der Waals surface area contributed by atoms with E-state index in [1.807, 2.05) is 11.4 Å². The van der Waals surface area contributed by atoms with Gasteiger partial charge in [0, 0.05) is 27.2 Å². The van der Waals surface area contributed by atoms with Crippen molar-refractivity contribution >= 4 is 34.7 Å². The molecule has 1 fully saturated rings. The van der Waals surface area contributed by atoms with E-state index < -0.39 is 0 Å². The standard InChI is InChI=1S/C22H28N4O3S/c1-25(2)22(29)18-10-5-13-26(18)14-7-12-23-20(27)16-8-3-4-9-17(16)24-21(28)19-11-6-15-30-19/h3-4,6,8-9,11,15,18H,5,7,10,12-14H2,1-2H3,(H,23,27)(H,24,28)/t18-/m1/s1. The lowest BCUT2D eigenvalue weighted by atomic mass is 10.1. The summed E-state index contributed by atoms with van der Waals surface area (Å²) >= 11 is 1.35. The SMILES string of the molecule is CN(C)C(=O)[C@H]1CCCN1CCCNC(=O)c1ccccc1NC(=O)c1cccs1. The number of anilines is 1. The number of carbonyl (C=O) groups is 3. The Morgan fingerprint density at radius 1 is 1.13 bits per heavy atom. The number of likely N-dealkylation sites (N-methyl/N-ethyl adjacent to an activating group) is 1. The maximum absolute atomic E-state index is 12.7. The number of likely N-dealkylation sites (tertiary alicyclic amines) is 1. The van der Waals surface area contributed by atoms with Gasteiger partial charge in [-0.25, -0.2) is 0 Å². The van der Waals surface area contributed by atoms with Crippen molar-refractivity contribution in [3.05, 3.63) is 52.2 Å². The normalized spacial score (nSPS) is 16.3. The van der Waals surface area contributed by atoms with Gasteiger partial charge in [0.05, 0.1) is 22.2 Å². The van der Waals surface area contributed by atoms with E-state index in [9.17, 15) is 14.4 Å². The Morgan fingerprint density at radius 3 is 2.67 bits per heavy atom. The Labute approximate surface area is 181 Å². The maximum atomic E-state index is 12.7. The van der Waals surface area contributed by atoms with Crippen molar-refractivity contribution in [2.24, 2.45) is 0 Å². The first-order chi connectivity index (χ1) is 14.5. The summed E-state index contributed by atoms with van der Waals surface area (Å²) in [5, 5.41) is 7.58. The number of nitrogens with zero attached hydrogens (tertiary/aromatic N) is 2. The number of thiophene rings is 1. The fraction of sp³-hybridized carbons (Fsp3) is 0.409. The average molecular weight is 429 g/mol. The zero-order valence-corrected chi connectivity index (χ0v) is 18.2. The molecule has 0 radical (unpaired) electrons. The third kappa shape index (κ3) is 5.46. The van der Waals surface area contributed by atoms with E-state index in [0.29, 0.717) is 22.7 Å². The van der Waals surface area contributed by atoms with Crippen LogP contribution in [0, 0.1) is 0 Å². The van der Waals surface area contributed by atoms with Gasteiger partial charge in [0.25, 0.3) is 11.8 Å². The number of nitrogens with one attached hydrogen (secondary N) is 2. The maximum Gasteiger partial charge on any atom is 0.265 e. The Balaban J connectivity index is 1.51. The number of para-hydroxylation sites is 1. The lowest BCUT2D eigenvalue weighted by Crippen LogP contribution is -2.43. The van der Waals surface area contributed by atoms with E-state index in [-0.39, 0.29) is 23.8 Å². The number of benzene rings is 1. The molecular formula is C22H28N4O3S. The molecule has 1 aromatic heterocycles. The molecule has 8 heteroatoms. The monoisotopic (exact) mass is 428 g/mol. The second-order valence-corrected chi connectivity index (χ2v) is 8.46. The Morgan fingerprint density at radius 2 is 1.93 bits per heavy atom. The summed E-state index contributed by atoms with van der Waals surface area (Å²) in [6.07, 6.45) is 2.67. The molecule has 0 aliphatic carbocycles. The second kappa shape index (κ2) is 10.4. The van der Waals surface area contributed by atoms with E-state index >= 15 is 0 Å². The number of hydrogen-bond donors (Lipinski definition) is 2. The van der Waals surface area contributed by atoms with Crippen molar-refractivity contribution in [3.63, 3.8) is 0 Å². The van der Waals surface area contributed by atoms with E-state index in [4.69, 9.17) is 0 Å². The van der Waals surface area contributed by atoms with Crippen LogP contribution in [0.3, 0.4) is 0 Å². The van der Waals surface area contributed by atoms with Crippen molar-refractivity contribution in [3.8, 4) is 0 Å². The quantitative estimate of drug-likeness (QED) is 0.634. The van der Waals surface area contributed by atoms with Crippen LogP contribution in [0.1, 0.15) is 39.3 Å². The van der Waals surface area contributed by atoms with Crippen LogP contribution in [-0.4, -0.2) is 67.3 Å². The van der Waals surface area contributed by atoms with Gasteiger partial charge >= 0.3 is 0 Å². The van der Waals surface area contributed by atoms with Gasteiger partial charge in [-0.3, -0.25) is 19.3 Å². The Bertz CT molecular complexity index is 882. The van der Waals surface area contributed by atoms with Crippen molar-refractivity contribution in [1.82, 2.24) is 15.1 Å². The molecule has 1 saturated heterocycles. The minimum Gasteiger partial charge on any atom is -0.352 e. The Kier molecular flexibility index (Phi) is 7.59. The number of carbonyl (C=O) groups excluding carboxylic acids is 3. The minimum atomic E-state index is -0.226. The van der Waals surface area contributed by atoms with Crippen LogP contribution < -0.4 is 10.6 Å².